The fourth-order valence-corrected chi connectivity index (χ4v) is 1.59. The molecule has 1 nitrogen and oxygen atoms in total. The third-order valence-electron chi connectivity index (χ3n) is 1.67. The van der Waals surface area contributed by atoms with Gasteiger partial charge in [0.2, 0.25) is 0 Å². The summed E-state index contributed by atoms with van der Waals surface area (Å²) in [5.74, 6) is 0.0166. The van der Waals surface area contributed by atoms with Gasteiger partial charge in [-0.2, -0.15) is 0 Å². The van der Waals surface area contributed by atoms with Gasteiger partial charge in [-0.1, -0.05) is 11.6 Å². The number of alkyl halides is 3. The number of nitrogens with zero attached hydrogens (tertiary/aromatic N) is 1. The maximum absolute atomic E-state index is 12.5. The van der Waals surface area contributed by atoms with Gasteiger partial charge < -0.3 is 0 Å². The number of pyridine rings is 1. The lowest BCUT2D eigenvalue weighted by atomic mass is 10.1. The Morgan fingerprint density at radius 1 is 1.54 bits per heavy atom. The second-order valence-corrected chi connectivity index (χ2v) is 3.19. The van der Waals surface area contributed by atoms with Gasteiger partial charge in [-0.05, 0) is 18.6 Å². The van der Waals surface area contributed by atoms with E-state index in [1.165, 1.54) is 13.0 Å². The van der Waals surface area contributed by atoms with Crippen molar-refractivity contribution in [3.63, 3.8) is 0 Å². The Balaban J connectivity index is 3.30. The predicted molar refractivity (Wildman–Crippen MR) is 48.5 cm³/mol. The lowest BCUT2D eigenvalue weighted by Crippen LogP contribution is -1.99. The van der Waals surface area contributed by atoms with Crippen LogP contribution < -0.4 is 0 Å². The van der Waals surface area contributed by atoms with Crippen LogP contribution in [0.5, 0.6) is 0 Å². The van der Waals surface area contributed by atoms with Crippen LogP contribution in [0, 0.1) is 6.92 Å². The summed E-state index contributed by atoms with van der Waals surface area (Å²) >= 11 is 11.1. The van der Waals surface area contributed by atoms with Gasteiger partial charge in [-0.15, -0.1) is 11.6 Å². The predicted octanol–water partition coefficient (Wildman–Crippen LogP) is 3.72. The molecule has 0 saturated heterocycles. The Kier molecular flexibility index (Phi) is 3.45. The third kappa shape index (κ3) is 2.29. The largest absolute Gasteiger partial charge is 0.265 e. The molecule has 72 valence electrons. The molecule has 0 fully saturated rings. The first-order valence-electron chi connectivity index (χ1n) is 3.56. The summed E-state index contributed by atoms with van der Waals surface area (Å²) in [5, 5.41) is 0.192. The standard InChI is InChI=1S/C8H7Cl2F2N/c1-4-7(8(11)12)5(3-9)2-6(10)13-4/h2,8H,3H2,1H3. The quantitative estimate of drug-likeness (QED) is 0.553. The van der Waals surface area contributed by atoms with Crippen molar-refractivity contribution >= 4 is 23.2 Å². The Morgan fingerprint density at radius 3 is 2.62 bits per heavy atom. The van der Waals surface area contributed by atoms with Crippen molar-refractivity contribution in [2.75, 3.05) is 0 Å². The van der Waals surface area contributed by atoms with Crippen LogP contribution >= 0.6 is 23.2 Å². The van der Waals surface area contributed by atoms with Crippen molar-refractivity contribution in [1.29, 1.82) is 0 Å². The van der Waals surface area contributed by atoms with E-state index in [4.69, 9.17) is 23.2 Å². The highest BCUT2D eigenvalue weighted by molar-refractivity contribution is 6.29. The van der Waals surface area contributed by atoms with Crippen molar-refractivity contribution in [2.45, 2.75) is 19.2 Å². The summed E-state index contributed by atoms with van der Waals surface area (Å²) < 4.78 is 24.9. The summed E-state index contributed by atoms with van der Waals surface area (Å²) in [5.41, 5.74) is 0.465. The van der Waals surface area contributed by atoms with Crippen LogP contribution in [0.1, 0.15) is 23.2 Å². The Morgan fingerprint density at radius 2 is 2.15 bits per heavy atom. The molecule has 0 aliphatic heterocycles. The molecule has 0 radical (unpaired) electrons. The molecule has 0 bridgehead atoms. The Bertz CT molecular complexity index is 315. The van der Waals surface area contributed by atoms with Gasteiger partial charge in [-0.3, -0.25) is 0 Å². The maximum atomic E-state index is 12.5. The van der Waals surface area contributed by atoms with Crippen LogP contribution in [-0.4, -0.2) is 4.98 Å². The van der Waals surface area contributed by atoms with Crippen molar-refractivity contribution < 1.29 is 8.78 Å². The van der Waals surface area contributed by atoms with Crippen LogP contribution in [0.4, 0.5) is 8.78 Å². The molecule has 0 saturated carbocycles. The second-order valence-electron chi connectivity index (χ2n) is 2.54. The van der Waals surface area contributed by atoms with Gasteiger partial charge in [0.05, 0.1) is 0 Å². The summed E-state index contributed by atoms with van der Waals surface area (Å²) in [4.78, 5) is 3.73. The minimum absolute atomic E-state index is 0.0166. The second kappa shape index (κ2) is 4.20. The minimum Gasteiger partial charge on any atom is -0.241 e. The minimum atomic E-state index is -2.56. The molecule has 0 N–H and O–H groups in total. The van der Waals surface area contributed by atoms with E-state index in [1.54, 1.807) is 0 Å². The number of aryl methyl sites for hydroxylation is 1. The molecule has 0 aliphatic carbocycles. The first kappa shape index (κ1) is 10.7. The lowest BCUT2D eigenvalue weighted by molar-refractivity contribution is 0.149. The summed E-state index contributed by atoms with van der Waals surface area (Å²) in [6.45, 7) is 1.49. The van der Waals surface area contributed by atoms with E-state index in [2.05, 4.69) is 4.98 Å². The van der Waals surface area contributed by atoms with Crippen molar-refractivity contribution in [3.8, 4) is 0 Å². The molecular weight excluding hydrogens is 219 g/mol. The Labute approximate surface area is 84.7 Å². The van der Waals surface area contributed by atoms with E-state index in [0.29, 0.717) is 5.56 Å². The summed E-state index contributed by atoms with van der Waals surface area (Å²) in [7, 11) is 0. The van der Waals surface area contributed by atoms with Crippen LogP contribution in [0.15, 0.2) is 6.07 Å². The molecular formula is C8H7Cl2F2N. The van der Waals surface area contributed by atoms with Gasteiger partial charge in [0.15, 0.2) is 0 Å². The van der Waals surface area contributed by atoms with Gasteiger partial charge >= 0.3 is 0 Å². The molecule has 0 unspecified atom stereocenters. The zero-order chi connectivity index (χ0) is 10.0. The van der Waals surface area contributed by atoms with E-state index in [-0.39, 0.29) is 22.3 Å². The molecule has 13 heavy (non-hydrogen) atoms. The zero-order valence-corrected chi connectivity index (χ0v) is 8.33. The first-order chi connectivity index (χ1) is 6.06. The summed E-state index contributed by atoms with van der Waals surface area (Å²) in [6.07, 6.45) is -2.56. The topological polar surface area (TPSA) is 12.9 Å². The molecule has 0 spiro atoms. The van der Waals surface area contributed by atoms with Gasteiger partial charge in [0, 0.05) is 17.1 Å². The lowest BCUT2D eigenvalue weighted by Gasteiger charge is -2.09. The highest BCUT2D eigenvalue weighted by Gasteiger charge is 2.17. The molecule has 5 heteroatoms. The third-order valence-corrected chi connectivity index (χ3v) is 2.15. The highest BCUT2D eigenvalue weighted by atomic mass is 35.5. The molecule has 0 aliphatic rings. The first-order valence-corrected chi connectivity index (χ1v) is 4.47. The average Bonchev–Trinajstić information content (AvgIpc) is 2.01. The smallest absolute Gasteiger partial charge is 0.241 e. The average molecular weight is 226 g/mol. The number of hydrogen-bond donors (Lipinski definition) is 0. The zero-order valence-electron chi connectivity index (χ0n) is 6.82. The van der Waals surface area contributed by atoms with E-state index in [0.717, 1.165) is 0 Å². The van der Waals surface area contributed by atoms with Gasteiger partial charge in [0.1, 0.15) is 5.15 Å². The van der Waals surface area contributed by atoms with Crippen LogP contribution in [-0.2, 0) is 5.88 Å². The van der Waals surface area contributed by atoms with E-state index >= 15 is 0 Å². The van der Waals surface area contributed by atoms with Crippen LogP contribution in [0.3, 0.4) is 0 Å². The van der Waals surface area contributed by atoms with Gasteiger partial charge in [0.25, 0.3) is 6.43 Å². The number of halogens is 4. The van der Waals surface area contributed by atoms with Crippen LogP contribution in [0.2, 0.25) is 5.15 Å². The fourth-order valence-electron chi connectivity index (χ4n) is 1.12. The highest BCUT2D eigenvalue weighted by Crippen LogP contribution is 2.28. The summed E-state index contributed by atoms with van der Waals surface area (Å²) in [6, 6.07) is 1.36. The number of aromatic nitrogens is 1. The van der Waals surface area contributed by atoms with Crippen molar-refractivity contribution in [1.82, 2.24) is 4.98 Å². The normalized spacial score (nSPS) is 10.9. The Hall–Kier alpha value is -0.410. The van der Waals surface area contributed by atoms with E-state index in [9.17, 15) is 8.78 Å². The molecule has 1 rings (SSSR count). The maximum Gasteiger partial charge on any atom is 0.265 e. The number of rotatable bonds is 2. The molecule has 0 aromatic carbocycles. The van der Waals surface area contributed by atoms with Crippen molar-refractivity contribution in [3.05, 3.63) is 28.0 Å². The molecule has 1 aromatic rings. The van der Waals surface area contributed by atoms with Crippen LogP contribution in [0.25, 0.3) is 0 Å². The number of hydrogen-bond acceptors (Lipinski definition) is 1. The SMILES string of the molecule is Cc1nc(Cl)cc(CCl)c1C(F)F. The monoisotopic (exact) mass is 225 g/mol. The molecule has 1 heterocycles. The van der Waals surface area contributed by atoms with Crippen molar-refractivity contribution in [2.24, 2.45) is 0 Å². The molecule has 0 amide bonds. The molecule has 0 atom stereocenters. The van der Waals surface area contributed by atoms with E-state index < -0.39 is 6.43 Å². The van der Waals surface area contributed by atoms with E-state index in [1.807, 2.05) is 0 Å². The fraction of sp³-hybridized carbons (Fsp3) is 0.375. The van der Waals surface area contributed by atoms with Gasteiger partial charge in [-0.25, -0.2) is 13.8 Å². The molecule has 1 aromatic heterocycles.